The van der Waals surface area contributed by atoms with Crippen molar-refractivity contribution >= 4 is 11.4 Å². The maximum Gasteiger partial charge on any atom is 0.0578 e. The van der Waals surface area contributed by atoms with Crippen molar-refractivity contribution in [3.8, 4) is 0 Å². The Bertz CT molecular complexity index is 603. The van der Waals surface area contributed by atoms with E-state index in [-0.39, 0.29) is 0 Å². The van der Waals surface area contributed by atoms with Gasteiger partial charge < -0.3 is 16.0 Å². The van der Waals surface area contributed by atoms with Crippen LogP contribution in [0.15, 0.2) is 54.6 Å². The molecule has 0 atom stereocenters. The summed E-state index contributed by atoms with van der Waals surface area (Å²) in [5, 5.41) is 10.9. The molecule has 128 valence electrons. The first-order valence-electron chi connectivity index (χ1n) is 9.22. The number of rotatable bonds is 7. The van der Waals surface area contributed by atoms with Gasteiger partial charge in [-0.05, 0) is 50.3 Å². The summed E-state index contributed by atoms with van der Waals surface area (Å²) in [4.78, 5) is 0. The van der Waals surface area contributed by atoms with Gasteiger partial charge in [-0.2, -0.15) is 0 Å². The second-order valence-corrected chi connectivity index (χ2v) is 6.64. The summed E-state index contributed by atoms with van der Waals surface area (Å²) in [5.41, 5.74) is 3.82. The quantitative estimate of drug-likeness (QED) is 0.695. The Morgan fingerprint density at radius 3 is 2.12 bits per heavy atom. The van der Waals surface area contributed by atoms with Gasteiger partial charge in [0.1, 0.15) is 0 Å². The van der Waals surface area contributed by atoms with Crippen molar-refractivity contribution in [1.82, 2.24) is 5.32 Å². The summed E-state index contributed by atoms with van der Waals surface area (Å²) >= 11 is 0. The summed E-state index contributed by atoms with van der Waals surface area (Å²) in [6, 6.07) is 20.4. The number of para-hydroxylation sites is 2. The molecule has 24 heavy (non-hydrogen) atoms. The maximum atomic E-state index is 3.74. The largest absolute Gasteiger partial charge is 0.384 e. The first-order valence-corrected chi connectivity index (χ1v) is 9.22. The highest BCUT2D eigenvalue weighted by atomic mass is 15.0. The Labute approximate surface area is 145 Å². The fourth-order valence-electron chi connectivity index (χ4n) is 3.47. The zero-order valence-electron chi connectivity index (χ0n) is 14.6. The van der Waals surface area contributed by atoms with Gasteiger partial charge in [-0.15, -0.1) is 0 Å². The topological polar surface area (TPSA) is 36.1 Å². The number of hydrogen-bond acceptors (Lipinski definition) is 3. The van der Waals surface area contributed by atoms with Crippen LogP contribution in [0, 0.1) is 0 Å². The molecular formula is C21H29N3. The van der Waals surface area contributed by atoms with Crippen LogP contribution in [0.2, 0.25) is 0 Å². The van der Waals surface area contributed by atoms with E-state index in [1.165, 1.54) is 42.6 Å². The van der Waals surface area contributed by atoms with Crippen molar-refractivity contribution < 1.29 is 0 Å². The second kappa shape index (κ2) is 8.74. The van der Waals surface area contributed by atoms with E-state index in [0.29, 0.717) is 12.1 Å². The lowest BCUT2D eigenvalue weighted by Crippen LogP contribution is -2.36. The van der Waals surface area contributed by atoms with E-state index in [4.69, 9.17) is 0 Å². The highest BCUT2D eigenvalue weighted by Crippen LogP contribution is 2.27. The first-order chi connectivity index (χ1) is 11.8. The third-order valence-electron chi connectivity index (χ3n) is 4.82. The summed E-state index contributed by atoms with van der Waals surface area (Å²) in [5.74, 6) is 0. The smallest absolute Gasteiger partial charge is 0.0578 e. The van der Waals surface area contributed by atoms with Gasteiger partial charge in [0.15, 0.2) is 0 Å². The SMILES string of the molecule is CCNc1ccccc1NC1CCC(NCc2ccccc2)CC1. The molecular weight excluding hydrogens is 294 g/mol. The van der Waals surface area contributed by atoms with Gasteiger partial charge in [0.05, 0.1) is 11.4 Å². The maximum absolute atomic E-state index is 3.74. The summed E-state index contributed by atoms with van der Waals surface area (Å²) < 4.78 is 0. The van der Waals surface area contributed by atoms with Crippen LogP contribution in [0.1, 0.15) is 38.2 Å². The van der Waals surface area contributed by atoms with E-state index in [1.54, 1.807) is 0 Å². The predicted octanol–water partition coefficient (Wildman–Crippen LogP) is 4.63. The molecule has 0 aliphatic heterocycles. The molecule has 1 saturated carbocycles. The molecule has 0 aromatic heterocycles. The molecule has 2 aromatic carbocycles. The van der Waals surface area contributed by atoms with Gasteiger partial charge in [-0.1, -0.05) is 42.5 Å². The average Bonchev–Trinajstić information content (AvgIpc) is 2.64. The van der Waals surface area contributed by atoms with Crippen LogP contribution in [0.4, 0.5) is 11.4 Å². The number of hydrogen-bond donors (Lipinski definition) is 3. The number of nitrogens with one attached hydrogen (secondary N) is 3. The lowest BCUT2D eigenvalue weighted by Gasteiger charge is -2.31. The Morgan fingerprint density at radius 2 is 1.42 bits per heavy atom. The molecule has 0 amide bonds. The molecule has 0 bridgehead atoms. The molecule has 1 aliphatic rings. The van der Waals surface area contributed by atoms with Crippen molar-refractivity contribution in [3.63, 3.8) is 0 Å². The van der Waals surface area contributed by atoms with Gasteiger partial charge >= 0.3 is 0 Å². The van der Waals surface area contributed by atoms with Gasteiger partial charge in [-0.25, -0.2) is 0 Å². The van der Waals surface area contributed by atoms with Crippen LogP contribution < -0.4 is 16.0 Å². The van der Waals surface area contributed by atoms with Gasteiger partial charge in [0, 0.05) is 25.2 Å². The van der Waals surface area contributed by atoms with E-state index in [0.717, 1.165) is 13.1 Å². The Balaban J connectivity index is 1.45. The summed E-state index contributed by atoms with van der Waals surface area (Å²) in [6.45, 7) is 4.07. The third-order valence-corrected chi connectivity index (χ3v) is 4.82. The normalized spacial score (nSPS) is 20.5. The molecule has 0 saturated heterocycles. The molecule has 1 aliphatic carbocycles. The monoisotopic (exact) mass is 323 g/mol. The summed E-state index contributed by atoms with van der Waals surface area (Å²) in [6.07, 6.45) is 4.95. The highest BCUT2D eigenvalue weighted by molar-refractivity contribution is 5.68. The third kappa shape index (κ3) is 4.75. The Kier molecular flexibility index (Phi) is 6.13. The highest BCUT2D eigenvalue weighted by Gasteiger charge is 2.21. The minimum Gasteiger partial charge on any atom is -0.384 e. The molecule has 3 nitrogen and oxygen atoms in total. The van der Waals surface area contributed by atoms with E-state index in [9.17, 15) is 0 Å². The van der Waals surface area contributed by atoms with Crippen LogP contribution in [0.5, 0.6) is 0 Å². The van der Waals surface area contributed by atoms with E-state index < -0.39 is 0 Å². The van der Waals surface area contributed by atoms with Crippen LogP contribution in [0.25, 0.3) is 0 Å². The van der Waals surface area contributed by atoms with Gasteiger partial charge in [-0.3, -0.25) is 0 Å². The van der Waals surface area contributed by atoms with Crippen molar-refractivity contribution in [1.29, 1.82) is 0 Å². The van der Waals surface area contributed by atoms with Crippen molar-refractivity contribution in [2.75, 3.05) is 17.2 Å². The number of anilines is 2. The minimum absolute atomic E-state index is 0.583. The number of benzene rings is 2. The Morgan fingerprint density at radius 1 is 0.792 bits per heavy atom. The molecule has 2 aromatic rings. The van der Waals surface area contributed by atoms with E-state index in [2.05, 4.69) is 77.5 Å². The van der Waals surface area contributed by atoms with Crippen LogP contribution in [-0.2, 0) is 6.54 Å². The van der Waals surface area contributed by atoms with Crippen LogP contribution >= 0.6 is 0 Å². The molecule has 0 spiro atoms. The molecule has 0 heterocycles. The minimum atomic E-state index is 0.583. The standard InChI is InChI=1S/C21H29N3/c1-2-22-20-10-6-7-11-21(20)24-19-14-12-18(13-15-19)23-16-17-8-4-3-5-9-17/h3-11,18-19,22-24H,2,12-16H2,1H3. The summed E-state index contributed by atoms with van der Waals surface area (Å²) in [7, 11) is 0. The fraction of sp³-hybridized carbons (Fsp3) is 0.429. The van der Waals surface area contributed by atoms with E-state index >= 15 is 0 Å². The average molecular weight is 323 g/mol. The Hall–Kier alpha value is -2.00. The second-order valence-electron chi connectivity index (χ2n) is 6.64. The van der Waals surface area contributed by atoms with Gasteiger partial charge in [0.25, 0.3) is 0 Å². The van der Waals surface area contributed by atoms with Gasteiger partial charge in [0.2, 0.25) is 0 Å². The molecule has 0 unspecified atom stereocenters. The van der Waals surface area contributed by atoms with Crippen molar-refractivity contribution in [3.05, 3.63) is 60.2 Å². The lowest BCUT2D eigenvalue weighted by atomic mass is 9.90. The zero-order valence-corrected chi connectivity index (χ0v) is 14.6. The van der Waals surface area contributed by atoms with Crippen molar-refractivity contribution in [2.45, 2.75) is 51.2 Å². The predicted molar refractivity (Wildman–Crippen MR) is 104 cm³/mol. The molecule has 3 rings (SSSR count). The molecule has 3 heteroatoms. The molecule has 1 fully saturated rings. The fourth-order valence-corrected chi connectivity index (χ4v) is 3.47. The zero-order chi connectivity index (χ0) is 16.6. The molecule has 0 radical (unpaired) electrons. The van der Waals surface area contributed by atoms with Crippen LogP contribution in [0.3, 0.4) is 0 Å². The lowest BCUT2D eigenvalue weighted by molar-refractivity contribution is 0.353. The molecule has 3 N–H and O–H groups in total. The van der Waals surface area contributed by atoms with E-state index in [1.807, 2.05) is 0 Å². The van der Waals surface area contributed by atoms with Crippen LogP contribution in [-0.4, -0.2) is 18.6 Å². The van der Waals surface area contributed by atoms with Crippen molar-refractivity contribution in [2.24, 2.45) is 0 Å². The first kappa shape index (κ1) is 16.8.